The summed E-state index contributed by atoms with van der Waals surface area (Å²) in [5, 5.41) is 12.5. The number of benzene rings is 2. The molecule has 0 aliphatic carbocycles. The lowest BCUT2D eigenvalue weighted by Gasteiger charge is -2.10. The smallest absolute Gasteiger partial charge is 0.336 e. The molecule has 0 atom stereocenters. The van der Waals surface area contributed by atoms with Crippen molar-refractivity contribution in [2.24, 2.45) is 5.92 Å². The molecule has 0 fully saturated rings. The molecule has 5 nitrogen and oxygen atoms in total. The zero-order chi connectivity index (χ0) is 18.7. The molecule has 2 N–H and O–H groups in total. The first kappa shape index (κ1) is 18.1. The minimum absolute atomic E-state index is 0.304. The Morgan fingerprint density at radius 2 is 1.88 bits per heavy atom. The van der Waals surface area contributed by atoms with Gasteiger partial charge in [0, 0.05) is 6.42 Å². The molecule has 26 heavy (non-hydrogen) atoms. The van der Waals surface area contributed by atoms with Crippen LogP contribution in [0, 0.1) is 10.7 Å². The Bertz CT molecular complexity index is 971. The Morgan fingerprint density at radius 3 is 2.54 bits per heavy atom. The van der Waals surface area contributed by atoms with E-state index < -0.39 is 5.97 Å². The topological polar surface area (TPSA) is 70.9 Å². The molecule has 3 aromatic rings. The molecule has 0 saturated heterocycles. The molecule has 0 radical (unpaired) electrons. The second-order valence-corrected chi connectivity index (χ2v) is 7.06. The quantitative estimate of drug-likeness (QED) is 0.627. The lowest BCUT2D eigenvalue weighted by atomic mass is 9.99. The number of carboxylic acid groups (broad SMARTS) is 1. The Labute approximate surface area is 157 Å². The van der Waals surface area contributed by atoms with Crippen molar-refractivity contribution >= 4 is 18.2 Å². The third kappa shape index (κ3) is 4.08. The van der Waals surface area contributed by atoms with E-state index in [2.05, 4.69) is 23.9 Å². The number of nitrogens with one attached hydrogen (secondary N) is 1. The van der Waals surface area contributed by atoms with Crippen LogP contribution in [-0.2, 0) is 13.0 Å². The van der Waals surface area contributed by atoms with E-state index in [9.17, 15) is 9.90 Å². The van der Waals surface area contributed by atoms with E-state index in [4.69, 9.17) is 12.2 Å². The summed E-state index contributed by atoms with van der Waals surface area (Å²) in [6, 6.07) is 14.9. The van der Waals surface area contributed by atoms with E-state index in [1.54, 1.807) is 12.1 Å². The van der Waals surface area contributed by atoms with Gasteiger partial charge in [0.05, 0.1) is 12.1 Å². The highest BCUT2D eigenvalue weighted by molar-refractivity contribution is 7.71. The van der Waals surface area contributed by atoms with Crippen molar-refractivity contribution in [1.82, 2.24) is 14.8 Å². The van der Waals surface area contributed by atoms with Crippen LogP contribution in [0.25, 0.3) is 11.1 Å². The molecule has 0 aliphatic rings. The van der Waals surface area contributed by atoms with Crippen LogP contribution in [0.1, 0.15) is 35.6 Å². The summed E-state index contributed by atoms with van der Waals surface area (Å²) >= 11 is 5.17. The van der Waals surface area contributed by atoms with Crippen molar-refractivity contribution in [3.8, 4) is 11.1 Å². The number of aromatic amines is 1. The number of aromatic nitrogens is 3. The van der Waals surface area contributed by atoms with Crippen LogP contribution in [0.3, 0.4) is 0 Å². The predicted octanol–water partition coefficient (Wildman–Crippen LogP) is 4.55. The van der Waals surface area contributed by atoms with Crippen LogP contribution in [-0.4, -0.2) is 25.8 Å². The van der Waals surface area contributed by atoms with Gasteiger partial charge in [0.2, 0.25) is 4.77 Å². The van der Waals surface area contributed by atoms with Gasteiger partial charge in [0.1, 0.15) is 5.82 Å². The van der Waals surface area contributed by atoms with Crippen LogP contribution < -0.4 is 0 Å². The van der Waals surface area contributed by atoms with Gasteiger partial charge in [-0.1, -0.05) is 56.3 Å². The van der Waals surface area contributed by atoms with E-state index in [0.717, 1.165) is 23.4 Å². The molecule has 134 valence electrons. The third-order valence-electron chi connectivity index (χ3n) is 4.13. The molecule has 1 aromatic heterocycles. The van der Waals surface area contributed by atoms with Gasteiger partial charge < -0.3 is 5.11 Å². The number of H-pyrrole nitrogens is 1. The number of carbonyl (C=O) groups is 1. The first-order chi connectivity index (χ1) is 12.4. The maximum atomic E-state index is 11.4. The van der Waals surface area contributed by atoms with Gasteiger partial charge in [-0.25, -0.2) is 9.78 Å². The highest BCUT2D eigenvalue weighted by atomic mass is 32.1. The molecule has 0 aliphatic heterocycles. The standard InChI is InChI=1S/C20H21N3O2S/c1-13(2)11-18-21-20(26)22-23(18)12-14-7-9-15(10-8-14)16-5-3-4-6-17(16)19(24)25/h3-10,13H,11-12H2,1-2H3,(H,22,26)(H,24,25). The van der Waals surface area contributed by atoms with Gasteiger partial charge >= 0.3 is 5.97 Å². The van der Waals surface area contributed by atoms with Crippen LogP contribution in [0.15, 0.2) is 48.5 Å². The van der Waals surface area contributed by atoms with Crippen LogP contribution in [0.5, 0.6) is 0 Å². The summed E-state index contributed by atoms with van der Waals surface area (Å²) < 4.78 is 2.47. The number of hydrogen-bond donors (Lipinski definition) is 2. The SMILES string of the molecule is CC(C)Cc1nc(=S)[nH]n1Cc1ccc(-c2ccccc2C(=O)O)cc1. The second kappa shape index (κ2) is 7.66. The summed E-state index contributed by atoms with van der Waals surface area (Å²) in [4.78, 5) is 15.8. The summed E-state index contributed by atoms with van der Waals surface area (Å²) in [6.07, 6.45) is 0.858. The highest BCUT2D eigenvalue weighted by Gasteiger charge is 2.11. The highest BCUT2D eigenvalue weighted by Crippen LogP contribution is 2.24. The Morgan fingerprint density at radius 1 is 1.19 bits per heavy atom. The molecule has 2 aromatic carbocycles. The van der Waals surface area contributed by atoms with Gasteiger partial charge in [-0.3, -0.25) is 9.78 Å². The first-order valence-electron chi connectivity index (χ1n) is 8.51. The molecule has 3 rings (SSSR count). The molecule has 6 heteroatoms. The third-order valence-corrected chi connectivity index (χ3v) is 4.31. The summed E-state index contributed by atoms with van der Waals surface area (Å²) in [5.74, 6) is 0.521. The minimum atomic E-state index is -0.922. The van der Waals surface area contributed by atoms with Crippen molar-refractivity contribution in [2.75, 3.05) is 0 Å². The van der Waals surface area contributed by atoms with E-state index in [0.29, 0.717) is 28.4 Å². The van der Waals surface area contributed by atoms with Gasteiger partial charge in [0.25, 0.3) is 0 Å². The fourth-order valence-electron chi connectivity index (χ4n) is 2.93. The van der Waals surface area contributed by atoms with E-state index in [1.807, 2.05) is 41.1 Å². The number of aromatic carboxylic acids is 1. The first-order valence-corrected chi connectivity index (χ1v) is 8.92. The molecule has 0 spiro atoms. The predicted molar refractivity (Wildman–Crippen MR) is 104 cm³/mol. The summed E-state index contributed by atoms with van der Waals surface area (Å²) in [5.41, 5.74) is 3.00. The zero-order valence-electron chi connectivity index (χ0n) is 14.8. The minimum Gasteiger partial charge on any atom is -0.478 e. The fraction of sp³-hybridized carbons (Fsp3) is 0.250. The van der Waals surface area contributed by atoms with Crippen LogP contribution in [0.4, 0.5) is 0 Å². The maximum Gasteiger partial charge on any atom is 0.336 e. The molecule has 0 unspecified atom stereocenters. The maximum absolute atomic E-state index is 11.4. The summed E-state index contributed by atoms with van der Waals surface area (Å²) in [6.45, 7) is 4.94. The average Bonchev–Trinajstić information content (AvgIpc) is 2.94. The molecule has 1 heterocycles. The molecule has 0 amide bonds. The number of hydrogen-bond acceptors (Lipinski definition) is 3. The number of carboxylic acids is 1. The second-order valence-electron chi connectivity index (χ2n) is 6.68. The zero-order valence-corrected chi connectivity index (χ0v) is 15.6. The Hall–Kier alpha value is -2.73. The Balaban J connectivity index is 1.86. The van der Waals surface area contributed by atoms with E-state index in [-0.39, 0.29) is 0 Å². The number of rotatable bonds is 6. The molecular weight excluding hydrogens is 346 g/mol. The Kier molecular flexibility index (Phi) is 5.32. The lowest BCUT2D eigenvalue weighted by molar-refractivity contribution is 0.0697. The van der Waals surface area contributed by atoms with Gasteiger partial charge in [-0.15, -0.1) is 0 Å². The molecular formula is C20H21N3O2S. The van der Waals surface area contributed by atoms with E-state index >= 15 is 0 Å². The summed E-state index contributed by atoms with van der Waals surface area (Å²) in [7, 11) is 0. The van der Waals surface area contributed by atoms with Crippen LogP contribution in [0.2, 0.25) is 0 Å². The van der Waals surface area contributed by atoms with Crippen molar-refractivity contribution in [3.63, 3.8) is 0 Å². The number of nitrogens with zero attached hydrogens (tertiary/aromatic N) is 2. The van der Waals surface area contributed by atoms with Gasteiger partial charge in [0.15, 0.2) is 0 Å². The largest absolute Gasteiger partial charge is 0.478 e. The van der Waals surface area contributed by atoms with Gasteiger partial charge in [-0.05, 0) is 40.9 Å². The van der Waals surface area contributed by atoms with Crippen LogP contribution >= 0.6 is 12.2 Å². The van der Waals surface area contributed by atoms with Gasteiger partial charge in [-0.2, -0.15) is 0 Å². The van der Waals surface area contributed by atoms with Crippen molar-refractivity contribution in [2.45, 2.75) is 26.8 Å². The van der Waals surface area contributed by atoms with Crippen molar-refractivity contribution in [1.29, 1.82) is 0 Å². The van der Waals surface area contributed by atoms with E-state index in [1.165, 1.54) is 0 Å². The van der Waals surface area contributed by atoms with Crippen molar-refractivity contribution < 1.29 is 9.90 Å². The lowest BCUT2D eigenvalue weighted by Crippen LogP contribution is -2.09. The monoisotopic (exact) mass is 367 g/mol. The fourth-order valence-corrected chi connectivity index (χ4v) is 3.14. The molecule has 0 bridgehead atoms. The average molecular weight is 367 g/mol. The van der Waals surface area contributed by atoms with Crippen molar-refractivity contribution in [3.05, 3.63) is 70.3 Å². The normalized spacial score (nSPS) is 11.0. The molecule has 0 saturated carbocycles.